The van der Waals surface area contributed by atoms with Crippen molar-refractivity contribution in [2.75, 3.05) is 5.73 Å². The van der Waals surface area contributed by atoms with Crippen molar-refractivity contribution in [3.05, 3.63) is 72.4 Å². The number of carbonyl (C=O) groups excluding carboxylic acids is 1. The summed E-state index contributed by atoms with van der Waals surface area (Å²) >= 11 is 7.94. The fourth-order valence-corrected chi connectivity index (χ4v) is 2.99. The van der Waals surface area contributed by atoms with Crippen molar-refractivity contribution in [1.82, 2.24) is 10.3 Å². The van der Waals surface area contributed by atoms with Gasteiger partial charge in [-0.25, -0.2) is 0 Å². The number of rotatable bonds is 3. The lowest BCUT2D eigenvalue weighted by molar-refractivity contribution is 0.0950. The highest BCUT2D eigenvalue weighted by atomic mass is 127. The highest BCUT2D eigenvalue weighted by molar-refractivity contribution is 14.1. The smallest absolute Gasteiger partial charge is 0.259 e. The molecule has 1 aromatic heterocycles. The van der Waals surface area contributed by atoms with Crippen LogP contribution >= 0.6 is 34.2 Å². The molecule has 0 radical (unpaired) electrons. The van der Waals surface area contributed by atoms with Gasteiger partial charge >= 0.3 is 0 Å². The van der Waals surface area contributed by atoms with Crippen molar-refractivity contribution in [2.45, 2.75) is 6.54 Å². The Labute approximate surface area is 156 Å². The van der Waals surface area contributed by atoms with E-state index in [4.69, 9.17) is 17.3 Å². The second-order valence-electron chi connectivity index (χ2n) is 5.24. The monoisotopic (exact) mass is 453 g/mol. The van der Waals surface area contributed by atoms with Gasteiger partial charge in [0.25, 0.3) is 5.91 Å². The van der Waals surface area contributed by atoms with Gasteiger partial charge < -0.3 is 16.0 Å². The average molecular weight is 454 g/mol. The molecule has 5 nitrogen and oxygen atoms in total. The van der Waals surface area contributed by atoms with Crippen molar-refractivity contribution in [3.63, 3.8) is 0 Å². The second-order valence-corrected chi connectivity index (χ2v) is 6.92. The second kappa shape index (κ2) is 6.82. The first kappa shape index (κ1) is 16.8. The van der Waals surface area contributed by atoms with Crippen molar-refractivity contribution in [1.29, 1.82) is 0 Å². The lowest BCUT2D eigenvalue weighted by atomic mass is 10.1. The van der Waals surface area contributed by atoms with Crippen molar-refractivity contribution < 1.29 is 4.79 Å². The molecule has 0 aliphatic carbocycles. The number of hydrogen-bond donors (Lipinski definition) is 3. The molecule has 3 rings (SSSR count). The highest BCUT2D eigenvalue weighted by Crippen LogP contribution is 2.16. The van der Waals surface area contributed by atoms with Crippen molar-refractivity contribution in [2.24, 2.45) is 0 Å². The zero-order valence-corrected chi connectivity index (χ0v) is 15.3. The molecule has 0 fully saturated rings. The van der Waals surface area contributed by atoms with E-state index in [9.17, 15) is 9.59 Å². The van der Waals surface area contributed by atoms with Gasteiger partial charge in [-0.15, -0.1) is 0 Å². The Kier molecular flexibility index (Phi) is 4.77. The van der Waals surface area contributed by atoms with Gasteiger partial charge in [0.15, 0.2) is 0 Å². The minimum absolute atomic E-state index is 0.0577. The number of fused-ring (bicyclic) bond motifs is 1. The zero-order valence-electron chi connectivity index (χ0n) is 12.4. The van der Waals surface area contributed by atoms with Gasteiger partial charge in [0.2, 0.25) is 5.43 Å². The Morgan fingerprint density at radius 1 is 1.21 bits per heavy atom. The van der Waals surface area contributed by atoms with Gasteiger partial charge in [0.05, 0.1) is 5.52 Å². The van der Waals surface area contributed by atoms with E-state index in [-0.39, 0.29) is 23.4 Å². The van der Waals surface area contributed by atoms with Crippen LogP contribution < -0.4 is 16.5 Å². The maximum Gasteiger partial charge on any atom is 0.259 e. The summed E-state index contributed by atoms with van der Waals surface area (Å²) in [7, 11) is 0. The molecule has 4 N–H and O–H groups in total. The molecule has 122 valence electrons. The van der Waals surface area contributed by atoms with Gasteiger partial charge in [0.1, 0.15) is 11.4 Å². The van der Waals surface area contributed by atoms with Crippen LogP contribution in [0.15, 0.2) is 47.3 Å². The predicted molar refractivity (Wildman–Crippen MR) is 104 cm³/mol. The Morgan fingerprint density at radius 2 is 1.92 bits per heavy atom. The lowest BCUT2D eigenvalue weighted by Gasteiger charge is -2.09. The van der Waals surface area contributed by atoms with E-state index in [1.54, 1.807) is 36.4 Å². The molecule has 0 spiro atoms. The number of benzene rings is 2. The Balaban J connectivity index is 1.91. The summed E-state index contributed by atoms with van der Waals surface area (Å²) in [5.41, 5.74) is 6.90. The molecule has 0 unspecified atom stereocenters. The third-order valence-corrected chi connectivity index (χ3v) is 4.51. The van der Waals surface area contributed by atoms with Gasteiger partial charge in [-0.1, -0.05) is 23.7 Å². The number of nitrogens with one attached hydrogen (secondary N) is 2. The number of carbonyl (C=O) groups is 1. The maximum atomic E-state index is 12.6. The van der Waals surface area contributed by atoms with Crippen LogP contribution in [0.1, 0.15) is 15.9 Å². The molecule has 1 heterocycles. The van der Waals surface area contributed by atoms with E-state index in [2.05, 4.69) is 32.9 Å². The van der Waals surface area contributed by atoms with E-state index in [0.29, 0.717) is 15.9 Å². The molecule has 0 saturated carbocycles. The van der Waals surface area contributed by atoms with E-state index in [1.165, 1.54) is 0 Å². The molecule has 3 aromatic rings. The van der Waals surface area contributed by atoms with Gasteiger partial charge in [-0.3, -0.25) is 9.59 Å². The van der Waals surface area contributed by atoms with Gasteiger partial charge in [-0.05, 0) is 58.5 Å². The molecule has 0 bridgehead atoms. The Bertz CT molecular complexity index is 984. The van der Waals surface area contributed by atoms with E-state index in [1.807, 2.05) is 6.07 Å². The summed E-state index contributed by atoms with van der Waals surface area (Å²) < 4.78 is 0.905. The van der Waals surface area contributed by atoms with Crippen LogP contribution in [0.3, 0.4) is 0 Å². The van der Waals surface area contributed by atoms with E-state index >= 15 is 0 Å². The normalized spacial score (nSPS) is 10.8. The topological polar surface area (TPSA) is 88.0 Å². The number of nitrogen functional groups attached to an aromatic ring is 1. The number of halogens is 2. The summed E-state index contributed by atoms with van der Waals surface area (Å²) in [5.74, 6) is -0.452. The third kappa shape index (κ3) is 3.39. The number of amides is 1. The molecular weight excluding hydrogens is 441 g/mol. The number of H-pyrrole nitrogens is 1. The van der Waals surface area contributed by atoms with Gasteiger partial charge in [-0.2, -0.15) is 0 Å². The van der Waals surface area contributed by atoms with Crippen molar-refractivity contribution in [3.8, 4) is 0 Å². The first-order valence-corrected chi connectivity index (χ1v) is 8.55. The van der Waals surface area contributed by atoms with E-state index < -0.39 is 5.91 Å². The number of aromatic amines is 1. The zero-order chi connectivity index (χ0) is 17.3. The molecule has 24 heavy (non-hydrogen) atoms. The summed E-state index contributed by atoms with van der Waals surface area (Å²) in [5, 5.41) is 3.77. The number of nitrogens with two attached hydrogens (primary N) is 1. The standard InChI is InChI=1S/C17H13ClIN3O2/c18-10-3-1-9(2-4-10)8-21-17(24)14-15(23)12-7-11(19)5-6-13(12)22-16(14)20/h1-7H,8H2,(H,21,24)(H3,20,22,23). The molecule has 1 amide bonds. The molecule has 0 atom stereocenters. The molecule has 2 aromatic carbocycles. The number of anilines is 1. The van der Waals surface area contributed by atoms with Crippen LogP contribution in [0.5, 0.6) is 0 Å². The Hall–Kier alpha value is -2.06. The van der Waals surface area contributed by atoms with Gasteiger partial charge in [0, 0.05) is 20.5 Å². The van der Waals surface area contributed by atoms with Crippen LogP contribution in [-0.4, -0.2) is 10.9 Å². The summed E-state index contributed by atoms with van der Waals surface area (Å²) in [6.07, 6.45) is 0. The average Bonchev–Trinajstić information content (AvgIpc) is 2.55. The van der Waals surface area contributed by atoms with Crippen LogP contribution in [0, 0.1) is 3.57 Å². The first-order chi connectivity index (χ1) is 11.5. The number of aromatic nitrogens is 1. The molecule has 7 heteroatoms. The molecule has 0 aliphatic heterocycles. The lowest BCUT2D eigenvalue weighted by Crippen LogP contribution is -2.30. The van der Waals surface area contributed by atoms with Crippen LogP contribution in [0.25, 0.3) is 10.9 Å². The fourth-order valence-electron chi connectivity index (χ4n) is 2.38. The van der Waals surface area contributed by atoms with Crippen molar-refractivity contribution >= 4 is 56.8 Å². The number of pyridine rings is 1. The van der Waals surface area contributed by atoms with Crippen LogP contribution in [-0.2, 0) is 6.54 Å². The quantitative estimate of drug-likeness (QED) is 0.532. The fraction of sp³-hybridized carbons (Fsp3) is 0.0588. The summed E-state index contributed by atoms with van der Waals surface area (Å²) in [4.78, 5) is 27.9. The summed E-state index contributed by atoms with van der Waals surface area (Å²) in [6.45, 7) is 0.277. The Morgan fingerprint density at radius 3 is 2.62 bits per heavy atom. The maximum absolute atomic E-state index is 12.6. The SMILES string of the molecule is Nc1[nH]c2ccc(I)cc2c(=O)c1C(=O)NCc1ccc(Cl)cc1. The summed E-state index contributed by atoms with van der Waals surface area (Å²) in [6, 6.07) is 12.4. The molecule has 0 aliphatic rings. The highest BCUT2D eigenvalue weighted by Gasteiger charge is 2.17. The minimum atomic E-state index is -0.510. The third-order valence-electron chi connectivity index (χ3n) is 3.59. The number of hydrogen-bond acceptors (Lipinski definition) is 3. The van der Waals surface area contributed by atoms with E-state index in [0.717, 1.165) is 9.13 Å². The van der Waals surface area contributed by atoms with Crippen LogP contribution in [0.2, 0.25) is 5.02 Å². The predicted octanol–water partition coefficient (Wildman–Crippen LogP) is 3.30. The molecular formula is C17H13ClIN3O2. The largest absolute Gasteiger partial charge is 0.384 e. The minimum Gasteiger partial charge on any atom is -0.384 e. The first-order valence-electron chi connectivity index (χ1n) is 7.09. The molecule has 0 saturated heterocycles. The van der Waals surface area contributed by atoms with Crippen LogP contribution in [0.4, 0.5) is 5.82 Å².